The maximum Gasteiger partial charge on any atom is 0.308 e. The van der Waals surface area contributed by atoms with E-state index in [1.165, 1.54) is 28.7 Å². The molecule has 1 aromatic carbocycles. The lowest BCUT2D eigenvalue weighted by atomic mass is 10.1. The first-order valence-electron chi connectivity index (χ1n) is 9.45. The number of nitrogens with zero attached hydrogens (tertiary/aromatic N) is 2. The number of hydrogen-bond donors (Lipinski definition) is 1. The summed E-state index contributed by atoms with van der Waals surface area (Å²) in [5.74, 6) is -1.59. The topological polar surface area (TPSA) is 96.0 Å². The molecule has 1 aromatic rings. The molecule has 2 fully saturated rings. The normalized spacial score (nSPS) is 20.3. The van der Waals surface area contributed by atoms with E-state index in [4.69, 9.17) is 23.8 Å². The molecule has 0 aliphatic carbocycles. The lowest BCUT2D eigenvalue weighted by Gasteiger charge is -2.34. The Labute approximate surface area is 193 Å². The van der Waals surface area contributed by atoms with Gasteiger partial charge in [0.2, 0.25) is 11.8 Å². The second-order valence-corrected chi connectivity index (χ2v) is 8.92. The van der Waals surface area contributed by atoms with E-state index in [0.717, 1.165) is 5.56 Å². The molecule has 31 heavy (non-hydrogen) atoms. The minimum absolute atomic E-state index is 0.0222. The molecule has 1 N–H and O–H groups in total. The number of benzene rings is 1. The van der Waals surface area contributed by atoms with E-state index in [9.17, 15) is 19.2 Å². The van der Waals surface area contributed by atoms with Crippen molar-refractivity contribution in [2.24, 2.45) is 0 Å². The molecule has 0 aromatic heterocycles. The highest BCUT2D eigenvalue weighted by molar-refractivity contribution is 8.26. The average molecular weight is 482 g/mol. The van der Waals surface area contributed by atoms with Gasteiger partial charge in [-0.25, -0.2) is 0 Å². The lowest BCUT2D eigenvalue weighted by molar-refractivity contribution is -0.150. The van der Waals surface area contributed by atoms with Gasteiger partial charge in [0.1, 0.15) is 10.4 Å². The van der Waals surface area contributed by atoms with Crippen LogP contribution >= 0.6 is 35.6 Å². The number of rotatable bonds is 6. The van der Waals surface area contributed by atoms with Crippen molar-refractivity contribution in [1.29, 1.82) is 0 Å². The minimum Gasteiger partial charge on any atom is -0.469 e. The highest BCUT2D eigenvalue weighted by Gasteiger charge is 2.36. The van der Waals surface area contributed by atoms with Crippen LogP contribution in [0.2, 0.25) is 5.02 Å². The summed E-state index contributed by atoms with van der Waals surface area (Å²) in [7, 11) is 1.22. The highest BCUT2D eigenvalue weighted by atomic mass is 35.5. The molecule has 0 radical (unpaired) electrons. The summed E-state index contributed by atoms with van der Waals surface area (Å²) in [6.07, 6.45) is 1.48. The van der Waals surface area contributed by atoms with Gasteiger partial charge in [0.15, 0.2) is 0 Å². The van der Waals surface area contributed by atoms with Crippen LogP contribution in [0.3, 0.4) is 0 Å². The molecule has 2 aliphatic rings. The van der Waals surface area contributed by atoms with Crippen molar-refractivity contribution < 1.29 is 23.9 Å². The number of nitrogens with one attached hydrogen (secondary N) is 1. The molecular weight excluding hydrogens is 462 g/mol. The molecule has 1 atom stereocenters. The second-order valence-electron chi connectivity index (χ2n) is 6.81. The Kier molecular flexibility index (Phi) is 7.69. The molecule has 3 amide bonds. The zero-order chi connectivity index (χ0) is 22.5. The first-order valence-corrected chi connectivity index (χ1v) is 11.1. The van der Waals surface area contributed by atoms with Crippen LogP contribution in [0.15, 0.2) is 29.2 Å². The summed E-state index contributed by atoms with van der Waals surface area (Å²) in [6, 6.07) is 6.12. The van der Waals surface area contributed by atoms with Crippen LogP contribution in [0.4, 0.5) is 0 Å². The smallest absolute Gasteiger partial charge is 0.308 e. The first kappa shape index (κ1) is 23.2. The third kappa shape index (κ3) is 5.63. The molecule has 0 bridgehead atoms. The number of thiocarbonyl (C=S) groups is 1. The Morgan fingerprint density at radius 3 is 2.71 bits per heavy atom. The molecule has 0 saturated carbocycles. The Morgan fingerprint density at radius 1 is 1.32 bits per heavy atom. The van der Waals surface area contributed by atoms with Crippen LogP contribution in [0.1, 0.15) is 18.4 Å². The van der Waals surface area contributed by atoms with Gasteiger partial charge in [-0.15, -0.1) is 0 Å². The Balaban J connectivity index is 1.64. The van der Waals surface area contributed by atoms with Crippen LogP contribution in [0, 0.1) is 0 Å². The van der Waals surface area contributed by atoms with E-state index in [0.29, 0.717) is 20.8 Å². The fourth-order valence-corrected chi connectivity index (χ4v) is 4.65. The third-order valence-electron chi connectivity index (χ3n) is 4.83. The number of carbonyl (C=O) groups is 4. The van der Waals surface area contributed by atoms with Gasteiger partial charge in [0.05, 0.1) is 18.4 Å². The van der Waals surface area contributed by atoms with E-state index in [1.807, 2.05) is 0 Å². The molecular formula is C20H20ClN3O5S2. The maximum absolute atomic E-state index is 12.8. The van der Waals surface area contributed by atoms with Crippen molar-refractivity contribution in [2.45, 2.75) is 18.9 Å². The van der Waals surface area contributed by atoms with E-state index in [-0.39, 0.29) is 37.7 Å². The van der Waals surface area contributed by atoms with Crippen LogP contribution < -0.4 is 5.32 Å². The van der Waals surface area contributed by atoms with Gasteiger partial charge in [-0.05, 0) is 23.8 Å². The molecule has 8 nitrogen and oxygen atoms in total. The second kappa shape index (κ2) is 10.3. The zero-order valence-corrected chi connectivity index (χ0v) is 19.0. The van der Waals surface area contributed by atoms with Crippen molar-refractivity contribution in [3.05, 3.63) is 39.8 Å². The number of amides is 3. The SMILES string of the molecule is COC(=O)CC1C(=O)NCCN1C(=O)CCN1C(=O)/C(=C\c2ccc(Cl)cc2)SC1=S. The van der Waals surface area contributed by atoms with Gasteiger partial charge >= 0.3 is 5.97 Å². The molecule has 1 unspecified atom stereocenters. The summed E-state index contributed by atoms with van der Waals surface area (Å²) >= 11 is 12.4. The number of carbonyl (C=O) groups excluding carboxylic acids is 4. The summed E-state index contributed by atoms with van der Waals surface area (Å²) in [5, 5.41) is 3.24. The number of halogens is 1. The number of ether oxygens (including phenoxy) is 1. The van der Waals surface area contributed by atoms with Gasteiger partial charge in [-0.1, -0.05) is 47.7 Å². The largest absolute Gasteiger partial charge is 0.469 e. The zero-order valence-electron chi connectivity index (χ0n) is 16.6. The molecule has 0 spiro atoms. The van der Waals surface area contributed by atoms with E-state index < -0.39 is 17.9 Å². The monoisotopic (exact) mass is 481 g/mol. The van der Waals surface area contributed by atoms with Crippen molar-refractivity contribution >= 4 is 69.7 Å². The van der Waals surface area contributed by atoms with Gasteiger partial charge < -0.3 is 15.0 Å². The highest BCUT2D eigenvalue weighted by Crippen LogP contribution is 2.32. The molecule has 2 heterocycles. The number of piperazine rings is 1. The van der Waals surface area contributed by atoms with Gasteiger partial charge in [-0.3, -0.25) is 24.1 Å². The summed E-state index contributed by atoms with van der Waals surface area (Å²) in [4.78, 5) is 52.5. The van der Waals surface area contributed by atoms with E-state index in [1.54, 1.807) is 30.3 Å². The predicted octanol–water partition coefficient (Wildman–Crippen LogP) is 1.82. The third-order valence-corrected chi connectivity index (χ3v) is 6.46. The molecule has 2 saturated heterocycles. The predicted molar refractivity (Wildman–Crippen MR) is 121 cm³/mol. The fourth-order valence-electron chi connectivity index (χ4n) is 3.21. The Morgan fingerprint density at radius 2 is 2.03 bits per heavy atom. The summed E-state index contributed by atoms with van der Waals surface area (Å²) in [6.45, 7) is 0.665. The van der Waals surface area contributed by atoms with Crippen molar-refractivity contribution in [2.75, 3.05) is 26.7 Å². The van der Waals surface area contributed by atoms with Crippen LogP contribution in [0.25, 0.3) is 6.08 Å². The van der Waals surface area contributed by atoms with E-state index >= 15 is 0 Å². The Bertz CT molecular complexity index is 951. The molecule has 3 rings (SSSR count). The Hall–Kier alpha value is -2.43. The number of hydrogen-bond acceptors (Lipinski definition) is 7. The molecule has 164 valence electrons. The number of methoxy groups -OCH3 is 1. The van der Waals surface area contributed by atoms with Crippen molar-refractivity contribution in [1.82, 2.24) is 15.1 Å². The maximum atomic E-state index is 12.8. The van der Waals surface area contributed by atoms with Crippen LogP contribution in [0.5, 0.6) is 0 Å². The standard InChI is InChI=1S/C20H20ClN3O5S2/c1-29-17(26)11-14-18(27)22-7-9-23(14)16(25)6-8-24-19(28)15(31-20(24)30)10-12-2-4-13(21)5-3-12/h2-5,10,14H,6-9,11H2,1H3,(H,22,27)/b15-10+. The molecule has 2 aliphatic heterocycles. The van der Waals surface area contributed by atoms with Crippen LogP contribution in [-0.4, -0.2) is 70.6 Å². The number of thioether (sulfide) groups is 1. The van der Waals surface area contributed by atoms with Gasteiger partial charge in [0.25, 0.3) is 5.91 Å². The number of esters is 1. The average Bonchev–Trinajstić information content (AvgIpc) is 3.01. The van der Waals surface area contributed by atoms with E-state index in [2.05, 4.69) is 10.1 Å². The molecule has 11 heteroatoms. The van der Waals surface area contributed by atoms with Crippen molar-refractivity contribution in [3.8, 4) is 0 Å². The van der Waals surface area contributed by atoms with Crippen LogP contribution in [-0.2, 0) is 23.9 Å². The summed E-state index contributed by atoms with van der Waals surface area (Å²) < 4.78 is 4.98. The van der Waals surface area contributed by atoms with Crippen molar-refractivity contribution in [3.63, 3.8) is 0 Å². The summed E-state index contributed by atoms with van der Waals surface area (Å²) in [5.41, 5.74) is 0.811. The lowest BCUT2D eigenvalue weighted by Crippen LogP contribution is -2.58. The van der Waals surface area contributed by atoms with Gasteiger partial charge in [0, 0.05) is 31.1 Å². The van der Waals surface area contributed by atoms with Gasteiger partial charge in [-0.2, -0.15) is 0 Å². The fraction of sp³-hybridized carbons (Fsp3) is 0.350. The minimum atomic E-state index is -0.926. The quantitative estimate of drug-likeness (QED) is 0.376. The first-order chi connectivity index (χ1) is 14.8.